The number of hydrogen-bond acceptors (Lipinski definition) is 4. The van der Waals surface area contributed by atoms with Gasteiger partial charge in [0, 0.05) is 39.0 Å². The Hall–Kier alpha value is -1.59. The Morgan fingerprint density at radius 2 is 1.74 bits per heavy atom. The van der Waals surface area contributed by atoms with Crippen LogP contribution in [0.1, 0.15) is 64.4 Å². The summed E-state index contributed by atoms with van der Waals surface area (Å²) < 4.78 is 5.80. The van der Waals surface area contributed by atoms with Crippen molar-refractivity contribution in [2.24, 2.45) is 0 Å². The average molecular weight is 375 g/mol. The van der Waals surface area contributed by atoms with E-state index in [2.05, 4.69) is 36.1 Å². The Labute approximate surface area is 163 Å². The molecule has 2 aliphatic rings. The number of carbonyl (C=O) groups excluding carboxylic acids is 1. The van der Waals surface area contributed by atoms with Crippen LogP contribution in [0.4, 0.5) is 4.79 Å². The van der Waals surface area contributed by atoms with E-state index >= 15 is 0 Å². The van der Waals surface area contributed by atoms with E-state index in [1.165, 1.54) is 24.8 Å². The first-order valence-corrected chi connectivity index (χ1v) is 10.5. The van der Waals surface area contributed by atoms with Gasteiger partial charge in [-0.05, 0) is 18.9 Å². The van der Waals surface area contributed by atoms with Gasteiger partial charge in [-0.2, -0.15) is 0 Å². The number of rotatable bonds is 8. The molecule has 3 rings (SSSR count). The van der Waals surface area contributed by atoms with Crippen molar-refractivity contribution >= 4 is 6.09 Å². The van der Waals surface area contributed by atoms with E-state index in [-0.39, 0.29) is 6.09 Å². The van der Waals surface area contributed by atoms with Crippen LogP contribution in [0.25, 0.3) is 0 Å². The number of carbonyl (C=O) groups is 1. The summed E-state index contributed by atoms with van der Waals surface area (Å²) in [5, 5.41) is 11.2. The second kappa shape index (κ2) is 8.61. The lowest BCUT2D eigenvalue weighted by molar-refractivity contribution is -0.165. The summed E-state index contributed by atoms with van der Waals surface area (Å²) >= 11 is 0. The van der Waals surface area contributed by atoms with Crippen LogP contribution < -0.4 is 0 Å². The van der Waals surface area contributed by atoms with Gasteiger partial charge in [0.1, 0.15) is 0 Å². The highest BCUT2D eigenvalue weighted by Crippen LogP contribution is 2.44. The zero-order valence-corrected chi connectivity index (χ0v) is 16.8. The molecule has 0 bridgehead atoms. The molecule has 0 aromatic heterocycles. The molecule has 2 heterocycles. The predicted molar refractivity (Wildman–Crippen MR) is 106 cm³/mol. The lowest BCUT2D eigenvalue weighted by atomic mass is 9.82. The first-order valence-electron chi connectivity index (χ1n) is 10.5. The number of likely N-dealkylation sites (tertiary alicyclic amines) is 1. The highest BCUT2D eigenvalue weighted by molar-refractivity contribution is 5.72. The number of unbranched alkanes of at least 4 members (excludes halogenated alkanes) is 4. The smallest absolute Gasteiger partial charge is 0.412 e. The van der Waals surface area contributed by atoms with Crippen molar-refractivity contribution in [3.05, 3.63) is 35.9 Å². The standard InChI is InChI=1S/C22H34N2O3/c1-3-4-5-6-10-15-24-20(25)27-22(21(24,2)26)13-16-23(17-14-22)18-19-11-8-7-9-12-19/h7-9,11-12,26H,3-6,10,13-18H2,1-2H3. The molecule has 1 amide bonds. The van der Waals surface area contributed by atoms with Crippen LogP contribution in [-0.4, -0.2) is 52.0 Å². The Morgan fingerprint density at radius 1 is 1.07 bits per heavy atom. The molecule has 1 aromatic carbocycles. The van der Waals surface area contributed by atoms with Crippen molar-refractivity contribution in [1.82, 2.24) is 9.80 Å². The Morgan fingerprint density at radius 3 is 2.41 bits per heavy atom. The minimum absolute atomic E-state index is 0.355. The van der Waals surface area contributed by atoms with Crippen LogP contribution >= 0.6 is 0 Å². The summed E-state index contributed by atoms with van der Waals surface area (Å²) in [6.07, 6.45) is 6.60. The van der Waals surface area contributed by atoms with Crippen LogP contribution in [0.2, 0.25) is 0 Å². The fourth-order valence-electron chi connectivity index (χ4n) is 4.41. The number of aliphatic hydroxyl groups is 1. The number of ether oxygens (including phenoxy) is 1. The highest BCUT2D eigenvalue weighted by Gasteiger charge is 2.62. The molecule has 0 radical (unpaired) electrons. The number of benzene rings is 1. The van der Waals surface area contributed by atoms with Crippen molar-refractivity contribution in [2.45, 2.75) is 76.7 Å². The second-order valence-electron chi connectivity index (χ2n) is 8.21. The Balaban J connectivity index is 1.56. The lowest BCUT2D eigenvalue weighted by Gasteiger charge is -2.45. The van der Waals surface area contributed by atoms with Crippen LogP contribution in [0.5, 0.6) is 0 Å². The zero-order chi connectivity index (χ0) is 19.3. The fraction of sp³-hybridized carbons (Fsp3) is 0.682. The Kier molecular flexibility index (Phi) is 6.43. The minimum atomic E-state index is -1.23. The second-order valence-corrected chi connectivity index (χ2v) is 8.21. The van der Waals surface area contributed by atoms with Gasteiger partial charge in [-0.1, -0.05) is 62.9 Å². The molecule has 1 unspecified atom stereocenters. The summed E-state index contributed by atoms with van der Waals surface area (Å²) in [5.74, 6) is 0. The van der Waals surface area contributed by atoms with Crippen LogP contribution in [0.15, 0.2) is 30.3 Å². The fourth-order valence-corrected chi connectivity index (χ4v) is 4.41. The number of piperidine rings is 1. The molecule has 5 heteroatoms. The van der Waals surface area contributed by atoms with E-state index < -0.39 is 11.3 Å². The van der Waals surface area contributed by atoms with E-state index in [9.17, 15) is 9.90 Å². The molecule has 1 aromatic rings. The molecule has 2 saturated heterocycles. The topological polar surface area (TPSA) is 53.0 Å². The van der Waals surface area contributed by atoms with Gasteiger partial charge in [-0.3, -0.25) is 9.80 Å². The van der Waals surface area contributed by atoms with Crippen LogP contribution in [0, 0.1) is 0 Å². The van der Waals surface area contributed by atoms with Crippen LogP contribution in [0.3, 0.4) is 0 Å². The van der Waals surface area contributed by atoms with E-state index in [0.717, 1.165) is 32.5 Å². The summed E-state index contributed by atoms with van der Waals surface area (Å²) in [6, 6.07) is 10.4. The third-order valence-electron chi connectivity index (χ3n) is 6.29. The number of hydrogen-bond donors (Lipinski definition) is 1. The molecule has 0 saturated carbocycles. The van der Waals surface area contributed by atoms with E-state index in [1.54, 1.807) is 11.8 Å². The molecule has 27 heavy (non-hydrogen) atoms. The molecule has 1 spiro atoms. The van der Waals surface area contributed by atoms with E-state index in [4.69, 9.17) is 4.74 Å². The molecule has 1 atom stereocenters. The monoisotopic (exact) mass is 374 g/mol. The highest BCUT2D eigenvalue weighted by atomic mass is 16.6. The predicted octanol–water partition coefficient (Wildman–Crippen LogP) is 4.15. The molecule has 1 N–H and O–H groups in total. The van der Waals surface area contributed by atoms with Crippen molar-refractivity contribution in [3.8, 4) is 0 Å². The van der Waals surface area contributed by atoms with Gasteiger partial charge in [0.05, 0.1) is 0 Å². The number of nitrogens with zero attached hydrogens (tertiary/aromatic N) is 2. The molecule has 150 valence electrons. The minimum Gasteiger partial charge on any atom is -0.437 e. The third kappa shape index (κ3) is 4.30. The molecular formula is C22H34N2O3. The van der Waals surface area contributed by atoms with E-state index in [0.29, 0.717) is 19.4 Å². The van der Waals surface area contributed by atoms with E-state index in [1.807, 2.05) is 6.07 Å². The zero-order valence-electron chi connectivity index (χ0n) is 16.8. The van der Waals surface area contributed by atoms with Gasteiger partial charge < -0.3 is 9.84 Å². The van der Waals surface area contributed by atoms with Gasteiger partial charge in [0.25, 0.3) is 0 Å². The first-order chi connectivity index (χ1) is 13.0. The van der Waals surface area contributed by atoms with Crippen LogP contribution in [-0.2, 0) is 11.3 Å². The summed E-state index contributed by atoms with van der Waals surface area (Å²) in [5.41, 5.74) is -0.716. The quantitative estimate of drug-likeness (QED) is 0.695. The normalized spacial score (nSPS) is 25.1. The summed E-state index contributed by atoms with van der Waals surface area (Å²) in [7, 11) is 0. The molecule has 5 nitrogen and oxygen atoms in total. The summed E-state index contributed by atoms with van der Waals surface area (Å²) in [6.45, 7) is 7.07. The van der Waals surface area contributed by atoms with Gasteiger partial charge in [-0.15, -0.1) is 0 Å². The maximum absolute atomic E-state index is 12.5. The SMILES string of the molecule is CCCCCCCN1C(=O)OC2(CCN(Cc3ccccc3)CC2)C1(C)O. The van der Waals surface area contributed by atoms with Crippen molar-refractivity contribution in [3.63, 3.8) is 0 Å². The maximum Gasteiger partial charge on any atom is 0.412 e. The van der Waals surface area contributed by atoms with Crippen molar-refractivity contribution in [2.75, 3.05) is 19.6 Å². The van der Waals surface area contributed by atoms with Gasteiger partial charge in [0.2, 0.25) is 0 Å². The van der Waals surface area contributed by atoms with Crippen molar-refractivity contribution < 1.29 is 14.6 Å². The number of amides is 1. The molecule has 0 aliphatic carbocycles. The van der Waals surface area contributed by atoms with Gasteiger partial charge in [0.15, 0.2) is 11.3 Å². The first kappa shape index (κ1) is 20.2. The largest absolute Gasteiger partial charge is 0.437 e. The third-order valence-corrected chi connectivity index (χ3v) is 6.29. The van der Waals surface area contributed by atoms with Gasteiger partial charge >= 0.3 is 6.09 Å². The van der Waals surface area contributed by atoms with Gasteiger partial charge in [-0.25, -0.2) is 4.79 Å². The Bertz CT molecular complexity index is 609. The molecule has 2 aliphatic heterocycles. The molecular weight excluding hydrogens is 340 g/mol. The lowest BCUT2D eigenvalue weighted by Crippen LogP contribution is -2.60. The maximum atomic E-state index is 12.5. The average Bonchev–Trinajstić information content (AvgIpc) is 2.84. The summed E-state index contributed by atoms with van der Waals surface area (Å²) in [4.78, 5) is 16.4. The molecule has 2 fully saturated rings. The van der Waals surface area contributed by atoms with Crippen molar-refractivity contribution in [1.29, 1.82) is 0 Å².